The predicted octanol–water partition coefficient (Wildman–Crippen LogP) is 1.98. The molecule has 0 atom stereocenters. The van der Waals surface area contributed by atoms with Gasteiger partial charge in [-0.1, -0.05) is 31.8 Å². The van der Waals surface area contributed by atoms with Crippen molar-refractivity contribution in [2.45, 2.75) is 46.0 Å². The van der Waals surface area contributed by atoms with Crippen molar-refractivity contribution in [1.82, 2.24) is 10.2 Å². The van der Waals surface area contributed by atoms with Gasteiger partial charge in [-0.05, 0) is 18.3 Å². The zero-order valence-electron chi connectivity index (χ0n) is 11.5. The van der Waals surface area contributed by atoms with Gasteiger partial charge in [0.15, 0.2) is 0 Å². The number of rotatable bonds is 5. The molecule has 0 unspecified atom stereocenters. The maximum atomic E-state index is 5.62. The van der Waals surface area contributed by atoms with Gasteiger partial charge in [-0.15, -0.1) is 5.10 Å². The van der Waals surface area contributed by atoms with Gasteiger partial charge in [0.25, 0.3) is 0 Å². The Kier molecular flexibility index (Phi) is 4.22. The van der Waals surface area contributed by atoms with E-state index in [9.17, 15) is 0 Å². The summed E-state index contributed by atoms with van der Waals surface area (Å²) in [6.45, 7) is 7.19. The summed E-state index contributed by atoms with van der Waals surface area (Å²) in [4.78, 5) is 2.20. The van der Waals surface area contributed by atoms with E-state index in [1.165, 1.54) is 25.7 Å². The molecule has 2 heterocycles. The second-order valence-corrected chi connectivity index (χ2v) is 5.21. The molecular weight excluding hydrogens is 228 g/mol. The molecule has 1 aliphatic heterocycles. The summed E-state index contributed by atoms with van der Waals surface area (Å²) in [6, 6.07) is 0.666. The Morgan fingerprint density at radius 2 is 1.89 bits per heavy atom. The molecule has 0 spiro atoms. The molecule has 0 amide bonds. The van der Waals surface area contributed by atoms with Crippen LogP contribution < -0.4 is 10.6 Å². The lowest BCUT2D eigenvalue weighted by Gasteiger charge is -2.40. The highest BCUT2D eigenvalue weighted by Crippen LogP contribution is 2.38. The first-order valence-corrected chi connectivity index (χ1v) is 7.00. The maximum Gasteiger partial charge on any atom is 0.318 e. The molecule has 1 saturated heterocycles. The Morgan fingerprint density at radius 1 is 1.22 bits per heavy atom. The third kappa shape index (κ3) is 2.66. The number of aromatic nitrogens is 2. The first-order chi connectivity index (χ1) is 8.73. The summed E-state index contributed by atoms with van der Waals surface area (Å²) in [6.07, 6.45) is 5.62. The van der Waals surface area contributed by atoms with Crippen LogP contribution in [0.4, 0.5) is 6.01 Å². The minimum Gasteiger partial charge on any atom is -0.408 e. The molecule has 2 rings (SSSR count). The molecule has 1 aromatic rings. The normalized spacial score (nSPS) is 19.2. The molecule has 2 N–H and O–H groups in total. The van der Waals surface area contributed by atoms with Crippen molar-refractivity contribution in [3.8, 4) is 0 Å². The Morgan fingerprint density at radius 3 is 2.44 bits per heavy atom. The van der Waals surface area contributed by atoms with Crippen molar-refractivity contribution in [1.29, 1.82) is 0 Å². The van der Waals surface area contributed by atoms with Crippen molar-refractivity contribution in [3.63, 3.8) is 0 Å². The molecule has 0 bridgehead atoms. The SMILES string of the molecule is CCC1(CC)CCN(c2nnc(CCN)o2)CC1. The van der Waals surface area contributed by atoms with Crippen LogP contribution in [-0.2, 0) is 6.42 Å². The Balaban J connectivity index is 1.96. The van der Waals surface area contributed by atoms with Gasteiger partial charge >= 0.3 is 6.01 Å². The molecular formula is C13H24N4O. The monoisotopic (exact) mass is 252 g/mol. The van der Waals surface area contributed by atoms with Crippen LogP contribution in [-0.4, -0.2) is 29.8 Å². The minimum absolute atomic E-state index is 0.524. The fourth-order valence-electron chi connectivity index (χ4n) is 2.73. The predicted molar refractivity (Wildman–Crippen MR) is 71.5 cm³/mol. The summed E-state index contributed by atoms with van der Waals surface area (Å²) in [5.41, 5.74) is 6.00. The molecule has 102 valence electrons. The molecule has 1 aliphatic rings. The lowest BCUT2D eigenvalue weighted by molar-refractivity contribution is 0.196. The number of anilines is 1. The molecule has 1 fully saturated rings. The second-order valence-electron chi connectivity index (χ2n) is 5.21. The number of piperidine rings is 1. The molecule has 0 aliphatic carbocycles. The average Bonchev–Trinajstić information content (AvgIpc) is 2.88. The van der Waals surface area contributed by atoms with Crippen LogP contribution in [0, 0.1) is 5.41 Å². The van der Waals surface area contributed by atoms with E-state index in [0.717, 1.165) is 13.1 Å². The van der Waals surface area contributed by atoms with Crippen LogP contribution in [0.3, 0.4) is 0 Å². The number of nitrogens with two attached hydrogens (primary N) is 1. The summed E-state index contributed by atoms with van der Waals surface area (Å²) >= 11 is 0. The first-order valence-electron chi connectivity index (χ1n) is 7.00. The van der Waals surface area contributed by atoms with Gasteiger partial charge in [0.05, 0.1) is 0 Å². The van der Waals surface area contributed by atoms with Crippen molar-refractivity contribution in [2.24, 2.45) is 11.1 Å². The highest BCUT2D eigenvalue weighted by Gasteiger charge is 2.32. The van der Waals surface area contributed by atoms with E-state index in [0.29, 0.717) is 30.3 Å². The molecule has 5 heteroatoms. The third-order valence-corrected chi connectivity index (χ3v) is 4.41. The molecule has 5 nitrogen and oxygen atoms in total. The summed E-state index contributed by atoms with van der Waals surface area (Å²) in [5, 5.41) is 8.13. The molecule has 0 saturated carbocycles. The topological polar surface area (TPSA) is 68.2 Å². The van der Waals surface area contributed by atoms with Crippen LogP contribution in [0.1, 0.15) is 45.4 Å². The highest BCUT2D eigenvalue weighted by atomic mass is 16.4. The minimum atomic E-state index is 0.524. The Labute approximate surface area is 109 Å². The summed E-state index contributed by atoms with van der Waals surface area (Å²) in [5.74, 6) is 0.648. The van der Waals surface area contributed by atoms with E-state index in [-0.39, 0.29) is 0 Å². The largest absolute Gasteiger partial charge is 0.408 e. The molecule has 0 aromatic carbocycles. The zero-order chi connectivity index (χ0) is 13.0. The number of hydrogen-bond donors (Lipinski definition) is 1. The van der Waals surface area contributed by atoms with Gasteiger partial charge < -0.3 is 15.1 Å². The third-order valence-electron chi connectivity index (χ3n) is 4.41. The van der Waals surface area contributed by atoms with E-state index < -0.39 is 0 Å². The molecule has 18 heavy (non-hydrogen) atoms. The van der Waals surface area contributed by atoms with E-state index in [1.807, 2.05) is 0 Å². The van der Waals surface area contributed by atoms with Crippen molar-refractivity contribution < 1.29 is 4.42 Å². The quantitative estimate of drug-likeness (QED) is 0.867. The lowest BCUT2D eigenvalue weighted by atomic mass is 9.74. The van der Waals surface area contributed by atoms with Gasteiger partial charge in [-0.3, -0.25) is 0 Å². The summed E-state index contributed by atoms with van der Waals surface area (Å²) in [7, 11) is 0. The van der Waals surface area contributed by atoms with Crippen molar-refractivity contribution >= 4 is 6.01 Å². The van der Waals surface area contributed by atoms with Gasteiger partial charge in [-0.25, -0.2) is 0 Å². The second kappa shape index (κ2) is 5.69. The highest BCUT2D eigenvalue weighted by molar-refractivity contribution is 5.25. The maximum absolute atomic E-state index is 5.62. The fraction of sp³-hybridized carbons (Fsp3) is 0.846. The smallest absolute Gasteiger partial charge is 0.318 e. The molecule has 0 radical (unpaired) electrons. The van der Waals surface area contributed by atoms with E-state index in [4.69, 9.17) is 10.2 Å². The van der Waals surface area contributed by atoms with Crippen LogP contribution in [0.25, 0.3) is 0 Å². The standard InChI is InChI=1S/C13H24N4O/c1-3-13(4-2)6-9-17(10-7-13)12-16-15-11(18-12)5-8-14/h3-10,14H2,1-2H3. The Hall–Kier alpha value is -1.10. The zero-order valence-corrected chi connectivity index (χ0v) is 11.5. The van der Waals surface area contributed by atoms with Gasteiger partial charge in [-0.2, -0.15) is 0 Å². The van der Waals surface area contributed by atoms with Crippen molar-refractivity contribution in [3.05, 3.63) is 5.89 Å². The van der Waals surface area contributed by atoms with Crippen molar-refractivity contribution in [2.75, 3.05) is 24.5 Å². The van der Waals surface area contributed by atoms with Crippen LogP contribution in [0.15, 0.2) is 4.42 Å². The van der Waals surface area contributed by atoms with Gasteiger partial charge in [0.2, 0.25) is 5.89 Å². The number of nitrogens with zero attached hydrogens (tertiary/aromatic N) is 3. The fourth-order valence-corrected chi connectivity index (χ4v) is 2.73. The van der Waals surface area contributed by atoms with Crippen LogP contribution >= 0.6 is 0 Å². The van der Waals surface area contributed by atoms with Gasteiger partial charge in [0.1, 0.15) is 0 Å². The van der Waals surface area contributed by atoms with E-state index in [1.54, 1.807) is 0 Å². The van der Waals surface area contributed by atoms with Gasteiger partial charge in [0, 0.05) is 26.1 Å². The van der Waals surface area contributed by atoms with E-state index in [2.05, 4.69) is 28.9 Å². The molecule has 1 aromatic heterocycles. The van der Waals surface area contributed by atoms with Crippen LogP contribution in [0.2, 0.25) is 0 Å². The average molecular weight is 252 g/mol. The lowest BCUT2D eigenvalue weighted by Crippen LogP contribution is -2.39. The first kappa shape index (κ1) is 13.3. The van der Waals surface area contributed by atoms with Crippen LogP contribution in [0.5, 0.6) is 0 Å². The Bertz CT molecular complexity index is 363. The summed E-state index contributed by atoms with van der Waals surface area (Å²) < 4.78 is 5.62. The number of hydrogen-bond acceptors (Lipinski definition) is 5. The van der Waals surface area contributed by atoms with E-state index >= 15 is 0 Å².